The van der Waals surface area contributed by atoms with Crippen molar-refractivity contribution in [1.29, 1.82) is 0 Å². The molecule has 92 heavy (non-hydrogen) atoms. The van der Waals surface area contributed by atoms with Crippen molar-refractivity contribution in [3.8, 4) is 46.0 Å². The molecule has 0 radical (unpaired) electrons. The van der Waals surface area contributed by atoms with Crippen LogP contribution in [0.4, 0.5) is 0 Å². The monoisotopic (exact) mass is 1240 g/mol. The number of fused-ring (bicyclic) bond motifs is 2. The molecule has 2 saturated heterocycles. The van der Waals surface area contributed by atoms with Crippen molar-refractivity contribution in [2.45, 2.75) is 92.5 Å². The van der Waals surface area contributed by atoms with Gasteiger partial charge in [0.1, 0.15) is 83.5 Å². The highest BCUT2D eigenvalue weighted by Gasteiger charge is 2.47. The summed E-state index contributed by atoms with van der Waals surface area (Å²) in [5.41, 5.74) is 3.83. The Bertz CT molecular complexity index is 3880. The lowest BCUT2D eigenvalue weighted by atomic mass is 9.80. The zero-order valence-corrected chi connectivity index (χ0v) is 52.5. The quantitative estimate of drug-likeness (QED) is 0.0123. The van der Waals surface area contributed by atoms with Gasteiger partial charge < -0.3 is 47.4 Å². The molecule has 4 amide bonds. The molecule has 0 N–H and O–H groups in total. The highest BCUT2D eigenvalue weighted by atomic mass is 16.6. The van der Waals surface area contributed by atoms with Crippen LogP contribution in [0.15, 0.2) is 121 Å². The highest BCUT2D eigenvalue weighted by Crippen LogP contribution is 2.58. The summed E-state index contributed by atoms with van der Waals surface area (Å²) in [6.07, 6.45) is 0.0912. The maximum absolute atomic E-state index is 16.0. The number of hydrogen-bond donors (Lipinski definition) is 0. The smallest absolute Gasteiger partial charge is 0.329 e. The minimum absolute atomic E-state index is 0.0104. The van der Waals surface area contributed by atoms with Gasteiger partial charge in [-0.15, -0.1) is 0 Å². The summed E-state index contributed by atoms with van der Waals surface area (Å²) in [5.74, 6) is -3.30. The normalized spacial score (nSPS) is 16.5. The van der Waals surface area contributed by atoms with Crippen molar-refractivity contribution in [2.75, 3.05) is 52.9 Å². The van der Waals surface area contributed by atoms with Crippen LogP contribution in [0, 0.1) is 39.5 Å². The van der Waals surface area contributed by atoms with E-state index in [1.54, 1.807) is 72.8 Å². The first kappa shape index (κ1) is 61.4. The molecule has 9 aromatic carbocycles. The Hall–Kier alpha value is -9.46. The van der Waals surface area contributed by atoms with Gasteiger partial charge in [-0.25, -0.2) is 9.59 Å². The third kappa shape index (κ3) is 12.2. The number of aryl methyl sites for hydroxylation is 4. The van der Waals surface area contributed by atoms with E-state index in [-0.39, 0.29) is 119 Å². The molecule has 4 aliphatic rings. The van der Waals surface area contributed by atoms with Gasteiger partial charge in [0, 0.05) is 43.1 Å². The number of rotatable bonds is 26. The lowest BCUT2D eigenvalue weighted by molar-refractivity contribution is -0.151. The lowest BCUT2D eigenvalue weighted by Crippen LogP contribution is -2.51. The van der Waals surface area contributed by atoms with Crippen molar-refractivity contribution < 1.29 is 76.1 Å². The van der Waals surface area contributed by atoms with E-state index in [0.717, 1.165) is 32.1 Å². The van der Waals surface area contributed by atoms with Crippen molar-refractivity contribution in [3.63, 3.8) is 0 Å². The van der Waals surface area contributed by atoms with E-state index in [9.17, 15) is 9.59 Å². The first-order valence-corrected chi connectivity index (χ1v) is 31.2. The minimum Gasteiger partial charge on any atom is -0.462 e. The van der Waals surface area contributed by atoms with Crippen molar-refractivity contribution in [2.24, 2.45) is 11.8 Å². The van der Waals surface area contributed by atoms with E-state index in [2.05, 4.69) is 0 Å². The number of carbonyl (C=O) groups excluding carboxylic acids is 6. The van der Waals surface area contributed by atoms with Crippen LogP contribution >= 0.6 is 0 Å². The molecule has 18 nitrogen and oxygen atoms in total. The highest BCUT2D eigenvalue weighted by molar-refractivity contribution is 6.45. The van der Waals surface area contributed by atoms with E-state index in [1.165, 1.54) is 0 Å². The van der Waals surface area contributed by atoms with Crippen LogP contribution in [0.2, 0.25) is 0 Å². The Balaban J connectivity index is 1.13. The largest absolute Gasteiger partial charge is 0.462 e. The Labute approximate surface area is 531 Å². The van der Waals surface area contributed by atoms with Gasteiger partial charge in [0.05, 0.1) is 61.9 Å². The molecule has 0 spiro atoms. The van der Waals surface area contributed by atoms with Crippen LogP contribution in [0.25, 0.3) is 43.1 Å². The zero-order valence-electron chi connectivity index (χ0n) is 52.5. The number of epoxide rings is 2. The summed E-state index contributed by atoms with van der Waals surface area (Å²) in [5, 5.41) is 2.20. The minimum atomic E-state index is -1.39. The fourth-order valence-corrected chi connectivity index (χ4v) is 12.2. The molecular weight excluding hydrogens is 1170 g/mol. The van der Waals surface area contributed by atoms with Gasteiger partial charge in [-0.1, -0.05) is 98.5 Å². The Kier molecular flexibility index (Phi) is 16.9. The van der Waals surface area contributed by atoms with Crippen LogP contribution < -0.4 is 18.9 Å². The van der Waals surface area contributed by atoms with Crippen LogP contribution in [0.1, 0.15) is 104 Å². The van der Waals surface area contributed by atoms with Crippen LogP contribution in [-0.2, 0) is 38.0 Å². The lowest BCUT2D eigenvalue weighted by Gasteiger charge is -2.36. The number of imide groups is 2. The molecule has 0 bridgehead atoms. The number of nitrogens with zero attached hydrogens (tertiary/aromatic N) is 2. The van der Waals surface area contributed by atoms with E-state index in [1.807, 2.05) is 104 Å². The molecule has 4 aliphatic heterocycles. The van der Waals surface area contributed by atoms with Crippen molar-refractivity contribution in [1.82, 2.24) is 9.80 Å². The third-order valence-corrected chi connectivity index (χ3v) is 16.9. The molecule has 2 fully saturated rings. The van der Waals surface area contributed by atoms with Crippen LogP contribution in [-0.4, -0.2) is 123 Å². The first-order chi connectivity index (χ1) is 44.4. The Morgan fingerprint density at radius 2 is 0.663 bits per heavy atom. The molecule has 18 heteroatoms. The van der Waals surface area contributed by atoms with Crippen LogP contribution in [0.3, 0.4) is 0 Å². The average Bonchev–Trinajstić information content (AvgIpc) is 1.57. The molecule has 4 atom stereocenters. The summed E-state index contributed by atoms with van der Waals surface area (Å²) >= 11 is 0. The molecule has 4 unspecified atom stereocenters. The molecule has 472 valence electrons. The van der Waals surface area contributed by atoms with Gasteiger partial charge in [0.15, 0.2) is 0 Å². The molecule has 9 aromatic rings. The number of ether oxygens (including phenoxy) is 10. The number of hydrogen-bond acceptors (Lipinski definition) is 16. The maximum atomic E-state index is 16.0. The van der Waals surface area contributed by atoms with E-state index in [0.29, 0.717) is 81.7 Å². The molecule has 0 aromatic heterocycles. The number of esters is 2. The molecule has 13 rings (SSSR count). The SMILES string of the molecule is Cc1ccc(Oc2cc3c4c(cc(Oc5ccc(C)cc5)c5c6c(Oc7ccc(C)cc7)cc7c8c(cc(Oc9ccc(C)cc9)c(c2c45)c86)C(=O)N(C(CC(C)C)C(=O)OCCOCC2CO2)C7=O)C(=O)N(C(CC(C)C)C(=O)OCCOCC2CO2)C3=O)cc1. The summed E-state index contributed by atoms with van der Waals surface area (Å²) in [6.45, 7) is 17.0. The topological polar surface area (TPSA) is 208 Å². The number of amides is 4. The standard InChI is InChI=1S/C74H70N2O16/c1-39(2)29-55(73(81)85-27-25-83-35-49-37-87-49)75-69(77)51-31-57(89-45-17-9-41(5)10-18-45)63-65-59(91-47-21-13-43(7)14-22-47)33-53-62-54(72(80)76(71(53)79)56(30-40(3)4)74(82)86-28-26-84-36-50-38-88-50)34-60(92-48-23-15-44(8)16-24-48)66(68(62)65)64-58(90-46-19-11-42(6)12-20-46)32-52(70(75)78)61(51)67(63)64/h9-24,31-34,39-40,49-50,55-56H,25-30,35-38H2,1-8H3. The Morgan fingerprint density at radius 1 is 0.402 bits per heavy atom. The van der Waals surface area contributed by atoms with Crippen LogP contribution in [0.5, 0.6) is 46.0 Å². The fraction of sp³-hybridized carbons (Fsp3) is 0.324. The maximum Gasteiger partial charge on any atom is 0.329 e. The molecule has 4 heterocycles. The van der Waals surface area contributed by atoms with Gasteiger partial charge in [-0.2, -0.15) is 0 Å². The molecule has 0 aliphatic carbocycles. The third-order valence-electron chi connectivity index (χ3n) is 16.9. The molecular formula is C74H70N2O16. The predicted molar refractivity (Wildman–Crippen MR) is 343 cm³/mol. The molecule has 0 saturated carbocycles. The van der Waals surface area contributed by atoms with Gasteiger partial charge in [-0.05, 0) is 125 Å². The summed E-state index contributed by atoms with van der Waals surface area (Å²) in [6, 6.07) is 32.9. The van der Waals surface area contributed by atoms with Crippen molar-refractivity contribution in [3.05, 3.63) is 166 Å². The van der Waals surface area contributed by atoms with Crippen molar-refractivity contribution >= 4 is 78.7 Å². The second-order valence-corrected chi connectivity index (χ2v) is 25.0. The van der Waals surface area contributed by atoms with Gasteiger partial charge in [0.25, 0.3) is 23.6 Å². The van der Waals surface area contributed by atoms with Gasteiger partial charge in [0.2, 0.25) is 0 Å². The average molecular weight is 1240 g/mol. The van der Waals surface area contributed by atoms with E-state index in [4.69, 9.17) is 47.4 Å². The second kappa shape index (κ2) is 25.3. The van der Waals surface area contributed by atoms with Gasteiger partial charge >= 0.3 is 11.9 Å². The zero-order chi connectivity index (χ0) is 64.2. The predicted octanol–water partition coefficient (Wildman–Crippen LogP) is 14.1. The van der Waals surface area contributed by atoms with E-state index >= 15 is 19.2 Å². The fourth-order valence-electron chi connectivity index (χ4n) is 12.2. The van der Waals surface area contributed by atoms with E-state index < -0.39 is 47.7 Å². The summed E-state index contributed by atoms with van der Waals surface area (Å²) in [7, 11) is 0. The summed E-state index contributed by atoms with van der Waals surface area (Å²) in [4.78, 5) is 95.2. The second-order valence-electron chi connectivity index (χ2n) is 25.0. The first-order valence-electron chi connectivity index (χ1n) is 31.2. The number of benzene rings is 9. The van der Waals surface area contributed by atoms with Gasteiger partial charge in [-0.3, -0.25) is 29.0 Å². The number of carbonyl (C=O) groups is 6. The summed E-state index contributed by atoms with van der Waals surface area (Å²) < 4.78 is 62.1. The Morgan fingerprint density at radius 3 is 0.902 bits per heavy atom.